The molecule has 1 aliphatic rings. The molecule has 0 aliphatic carbocycles. The number of benzene rings is 1. The monoisotopic (exact) mass is 438 g/mol. The summed E-state index contributed by atoms with van der Waals surface area (Å²) < 4.78 is 0. The Kier molecular flexibility index (Phi) is 8.10. The second-order valence-electron chi connectivity index (χ2n) is 6.41. The van der Waals surface area contributed by atoms with Crippen LogP contribution in [0.2, 0.25) is 0 Å². The third-order valence-corrected chi connectivity index (χ3v) is 5.64. The molecule has 0 unspecified atom stereocenters. The molecule has 0 bridgehead atoms. The van der Waals surface area contributed by atoms with Gasteiger partial charge in [-0.3, -0.25) is 4.90 Å². The number of halogens is 2. The van der Waals surface area contributed by atoms with Crippen molar-refractivity contribution in [3.05, 3.63) is 58.4 Å². The molecule has 0 saturated heterocycles. The molecule has 0 amide bonds. The fraction of sp³-hybridized carbons (Fsp3) is 0.250. The number of aromatic amines is 1. The lowest BCUT2D eigenvalue weighted by Gasteiger charge is -2.25. The molecule has 3 aromatic rings. The van der Waals surface area contributed by atoms with Gasteiger partial charge in [0.25, 0.3) is 0 Å². The smallest absolute Gasteiger partial charge is 0.141 e. The molecule has 1 aromatic carbocycles. The van der Waals surface area contributed by atoms with Gasteiger partial charge in [0.05, 0.1) is 17.2 Å². The number of hydrogen-bond donors (Lipinski definition) is 3. The molecule has 1 aliphatic heterocycles. The van der Waals surface area contributed by atoms with Crippen LogP contribution in [0.25, 0.3) is 16.5 Å². The number of aliphatic imine (C=N–C) groups is 1. The molecule has 150 valence electrons. The van der Waals surface area contributed by atoms with Crippen molar-refractivity contribution in [2.24, 2.45) is 10.7 Å². The summed E-state index contributed by atoms with van der Waals surface area (Å²) in [6, 6.07) is 10.1. The Morgan fingerprint density at radius 2 is 2.14 bits per heavy atom. The van der Waals surface area contributed by atoms with Crippen LogP contribution in [0.3, 0.4) is 0 Å². The number of aromatic nitrogens is 1. The van der Waals surface area contributed by atoms with E-state index in [0.717, 1.165) is 42.1 Å². The minimum absolute atomic E-state index is 0. The standard InChI is InChI=1S/C20H22N4OS.2ClH/c21-20(19-2-1-11-26-19)23-15-3-4-18-16(12-15)17(13-22-18)14-5-7-24(8-6-14)9-10-25;;/h1-5,11-13,22,25H,6-10H2,(H2,21,23);2*1H. The maximum absolute atomic E-state index is 9.09. The highest BCUT2D eigenvalue weighted by Crippen LogP contribution is 2.31. The van der Waals surface area contributed by atoms with Gasteiger partial charge in [-0.15, -0.1) is 36.2 Å². The van der Waals surface area contributed by atoms with Crippen molar-refractivity contribution < 1.29 is 5.11 Å². The Hall–Kier alpha value is -1.83. The number of nitrogens with two attached hydrogens (primary N) is 1. The van der Waals surface area contributed by atoms with Crippen LogP contribution in [0, 0.1) is 0 Å². The zero-order valence-corrected chi connectivity index (χ0v) is 17.7. The van der Waals surface area contributed by atoms with Crippen LogP contribution in [0.5, 0.6) is 0 Å². The van der Waals surface area contributed by atoms with Gasteiger partial charge in [0.2, 0.25) is 0 Å². The summed E-state index contributed by atoms with van der Waals surface area (Å²) in [5.74, 6) is 0.549. The number of aliphatic hydroxyl groups is 1. The molecule has 4 rings (SSSR count). The van der Waals surface area contributed by atoms with Crippen molar-refractivity contribution in [3.63, 3.8) is 0 Å². The Bertz CT molecular complexity index is 966. The van der Waals surface area contributed by atoms with Crippen molar-refractivity contribution in [2.45, 2.75) is 6.42 Å². The highest BCUT2D eigenvalue weighted by molar-refractivity contribution is 7.12. The number of amidine groups is 1. The number of β-amino-alcohol motifs (C(OH)–C–C–N with tert-alkyl or cyclic N) is 1. The first-order valence-electron chi connectivity index (χ1n) is 8.76. The summed E-state index contributed by atoms with van der Waals surface area (Å²) in [4.78, 5) is 11.2. The highest BCUT2D eigenvalue weighted by atomic mass is 35.5. The van der Waals surface area contributed by atoms with Gasteiger partial charge in [-0.25, -0.2) is 4.99 Å². The summed E-state index contributed by atoms with van der Waals surface area (Å²) in [6.45, 7) is 2.80. The molecule has 3 heterocycles. The molecular weight excluding hydrogens is 415 g/mol. The van der Waals surface area contributed by atoms with Crippen LogP contribution in [0.4, 0.5) is 5.69 Å². The van der Waals surface area contributed by atoms with E-state index in [9.17, 15) is 0 Å². The Balaban J connectivity index is 0.00000140. The molecule has 8 heteroatoms. The van der Waals surface area contributed by atoms with Crippen LogP contribution < -0.4 is 5.73 Å². The lowest BCUT2D eigenvalue weighted by atomic mass is 9.98. The fourth-order valence-corrected chi connectivity index (χ4v) is 3.99. The van der Waals surface area contributed by atoms with Gasteiger partial charge in [0, 0.05) is 42.3 Å². The van der Waals surface area contributed by atoms with Crippen LogP contribution in [0.1, 0.15) is 16.9 Å². The van der Waals surface area contributed by atoms with Gasteiger partial charge in [0.1, 0.15) is 5.84 Å². The molecular formula is C20H24Cl2N4OS. The van der Waals surface area contributed by atoms with Crippen LogP contribution in [-0.4, -0.2) is 47.1 Å². The largest absolute Gasteiger partial charge is 0.395 e. The van der Waals surface area contributed by atoms with Crippen LogP contribution in [-0.2, 0) is 0 Å². The van der Waals surface area contributed by atoms with E-state index in [1.54, 1.807) is 11.3 Å². The summed E-state index contributed by atoms with van der Waals surface area (Å²) in [5.41, 5.74) is 10.7. The van der Waals surface area contributed by atoms with Gasteiger partial charge in [-0.2, -0.15) is 0 Å². The lowest BCUT2D eigenvalue weighted by Crippen LogP contribution is -2.31. The summed E-state index contributed by atoms with van der Waals surface area (Å²) in [7, 11) is 0. The van der Waals surface area contributed by atoms with Crippen molar-refractivity contribution in [1.82, 2.24) is 9.88 Å². The van der Waals surface area contributed by atoms with Gasteiger partial charge in [-0.05, 0) is 41.6 Å². The topological polar surface area (TPSA) is 77.6 Å². The Morgan fingerprint density at radius 1 is 1.29 bits per heavy atom. The minimum atomic E-state index is 0. The van der Waals surface area contributed by atoms with Crippen molar-refractivity contribution in [1.29, 1.82) is 0 Å². The summed E-state index contributed by atoms with van der Waals surface area (Å²) in [5, 5.41) is 12.3. The third-order valence-electron chi connectivity index (χ3n) is 4.74. The van der Waals surface area contributed by atoms with E-state index in [1.807, 2.05) is 23.6 Å². The van der Waals surface area contributed by atoms with Gasteiger partial charge in [0.15, 0.2) is 0 Å². The number of aliphatic hydroxyl groups excluding tert-OH is 1. The minimum Gasteiger partial charge on any atom is -0.395 e. The summed E-state index contributed by atoms with van der Waals surface area (Å²) in [6.07, 6.45) is 5.32. The number of rotatable bonds is 5. The second-order valence-corrected chi connectivity index (χ2v) is 7.36. The third kappa shape index (κ3) is 4.77. The molecule has 0 spiro atoms. The lowest BCUT2D eigenvalue weighted by molar-refractivity contribution is 0.208. The summed E-state index contributed by atoms with van der Waals surface area (Å²) >= 11 is 1.59. The second kappa shape index (κ2) is 10.1. The zero-order valence-electron chi connectivity index (χ0n) is 15.3. The van der Waals surface area contributed by atoms with Gasteiger partial charge in [-0.1, -0.05) is 12.1 Å². The number of H-pyrrole nitrogens is 1. The number of fused-ring (bicyclic) bond motifs is 1. The van der Waals surface area contributed by atoms with E-state index in [4.69, 9.17) is 10.8 Å². The SMILES string of the molecule is Cl.Cl.NC(=Nc1ccc2[nH]cc(C3=CCN(CCO)CC3)c2c1)c1cccs1. The first-order valence-corrected chi connectivity index (χ1v) is 9.64. The maximum atomic E-state index is 9.09. The molecule has 5 nitrogen and oxygen atoms in total. The molecule has 4 N–H and O–H groups in total. The molecule has 0 fully saturated rings. The molecule has 2 aromatic heterocycles. The molecule has 28 heavy (non-hydrogen) atoms. The van der Waals surface area contributed by atoms with E-state index in [1.165, 1.54) is 16.5 Å². The van der Waals surface area contributed by atoms with E-state index >= 15 is 0 Å². The Labute approximate surface area is 180 Å². The predicted molar refractivity (Wildman–Crippen MR) is 124 cm³/mol. The number of nitrogens with zero attached hydrogens (tertiary/aromatic N) is 2. The van der Waals surface area contributed by atoms with Crippen molar-refractivity contribution in [2.75, 3.05) is 26.2 Å². The molecule has 0 radical (unpaired) electrons. The number of hydrogen-bond acceptors (Lipinski definition) is 4. The normalized spacial score (nSPS) is 15.0. The average Bonchev–Trinajstić information content (AvgIpc) is 3.32. The maximum Gasteiger partial charge on any atom is 0.141 e. The molecule has 0 atom stereocenters. The Morgan fingerprint density at radius 3 is 2.82 bits per heavy atom. The van der Waals surface area contributed by atoms with Gasteiger partial charge >= 0.3 is 0 Å². The average molecular weight is 439 g/mol. The van der Waals surface area contributed by atoms with Crippen molar-refractivity contribution >= 4 is 64.1 Å². The van der Waals surface area contributed by atoms with Crippen LogP contribution in [0.15, 0.2) is 53.0 Å². The van der Waals surface area contributed by atoms with E-state index in [-0.39, 0.29) is 31.4 Å². The van der Waals surface area contributed by atoms with E-state index in [0.29, 0.717) is 5.84 Å². The quantitative estimate of drug-likeness (QED) is 0.412. The first kappa shape index (κ1) is 22.5. The van der Waals surface area contributed by atoms with E-state index in [2.05, 4.69) is 39.3 Å². The highest BCUT2D eigenvalue weighted by Gasteiger charge is 2.15. The van der Waals surface area contributed by atoms with Crippen molar-refractivity contribution in [3.8, 4) is 0 Å². The number of thiophene rings is 1. The zero-order chi connectivity index (χ0) is 17.9. The number of nitrogens with one attached hydrogen (secondary N) is 1. The fourth-order valence-electron chi connectivity index (χ4n) is 3.36. The van der Waals surface area contributed by atoms with Crippen LogP contribution >= 0.6 is 36.2 Å². The van der Waals surface area contributed by atoms with E-state index < -0.39 is 0 Å². The molecule has 0 saturated carbocycles. The predicted octanol–water partition coefficient (Wildman–Crippen LogP) is 4.19. The first-order chi connectivity index (χ1) is 12.7. The van der Waals surface area contributed by atoms with Gasteiger partial charge < -0.3 is 15.8 Å².